The number of fused-ring (bicyclic) bond motifs is 2. The summed E-state index contributed by atoms with van der Waals surface area (Å²) in [5.41, 5.74) is 4.74. The van der Waals surface area contributed by atoms with Crippen molar-refractivity contribution >= 4 is 17.5 Å². The van der Waals surface area contributed by atoms with Gasteiger partial charge in [0.1, 0.15) is 12.2 Å². The van der Waals surface area contributed by atoms with Gasteiger partial charge in [0.05, 0.1) is 12.5 Å². The maximum absolute atomic E-state index is 13.2. The molecule has 0 radical (unpaired) electrons. The molecule has 0 saturated heterocycles. The molecule has 2 aromatic carbocycles. The molecular weight excluding hydrogens is 390 g/mol. The number of aromatic nitrogens is 3. The third-order valence-electron chi connectivity index (χ3n) is 6.34. The van der Waals surface area contributed by atoms with Crippen LogP contribution in [0.1, 0.15) is 39.3 Å². The number of benzene rings is 2. The number of hydrogen-bond donors (Lipinski definition) is 1. The van der Waals surface area contributed by atoms with E-state index in [9.17, 15) is 9.59 Å². The van der Waals surface area contributed by atoms with Crippen molar-refractivity contribution in [3.63, 3.8) is 0 Å². The molecule has 0 saturated carbocycles. The van der Waals surface area contributed by atoms with Crippen LogP contribution in [0.4, 0.5) is 5.69 Å². The molecule has 1 aromatic heterocycles. The molecular formula is C24H25N5O2. The predicted molar refractivity (Wildman–Crippen MR) is 117 cm³/mol. The van der Waals surface area contributed by atoms with Gasteiger partial charge in [-0.2, -0.15) is 5.10 Å². The number of hydrogen-bond acceptors (Lipinski definition) is 4. The van der Waals surface area contributed by atoms with E-state index >= 15 is 0 Å². The number of anilines is 1. The van der Waals surface area contributed by atoms with Gasteiger partial charge in [-0.05, 0) is 48.6 Å². The van der Waals surface area contributed by atoms with E-state index in [1.54, 1.807) is 10.7 Å². The van der Waals surface area contributed by atoms with Gasteiger partial charge in [-0.1, -0.05) is 30.3 Å². The van der Waals surface area contributed by atoms with Gasteiger partial charge in [-0.25, -0.2) is 9.67 Å². The lowest BCUT2D eigenvalue weighted by molar-refractivity contribution is -0.120. The predicted octanol–water partition coefficient (Wildman–Crippen LogP) is 2.99. The van der Waals surface area contributed by atoms with Crippen molar-refractivity contribution in [2.24, 2.45) is 5.92 Å². The van der Waals surface area contributed by atoms with Crippen LogP contribution in [-0.2, 0) is 30.7 Å². The van der Waals surface area contributed by atoms with E-state index in [0.29, 0.717) is 30.9 Å². The van der Waals surface area contributed by atoms with Gasteiger partial charge < -0.3 is 10.2 Å². The Bertz CT molecular complexity index is 1150. The van der Waals surface area contributed by atoms with Crippen LogP contribution in [0.2, 0.25) is 0 Å². The second-order valence-electron chi connectivity index (χ2n) is 8.36. The minimum absolute atomic E-state index is 0.00470. The molecule has 31 heavy (non-hydrogen) atoms. The first-order valence-corrected chi connectivity index (χ1v) is 10.7. The number of carbonyl (C=O) groups excluding carboxylic acids is 2. The Hall–Kier alpha value is -3.48. The van der Waals surface area contributed by atoms with Gasteiger partial charge in [0.15, 0.2) is 0 Å². The monoisotopic (exact) mass is 415 g/mol. The fraction of sp³-hybridized carbons (Fsp3) is 0.333. The molecule has 2 aliphatic heterocycles. The van der Waals surface area contributed by atoms with E-state index in [4.69, 9.17) is 0 Å². The molecule has 3 heterocycles. The molecule has 1 atom stereocenters. The third-order valence-corrected chi connectivity index (χ3v) is 6.34. The summed E-state index contributed by atoms with van der Waals surface area (Å²) < 4.78 is 1.80. The Labute approximate surface area is 181 Å². The van der Waals surface area contributed by atoms with Gasteiger partial charge in [0.2, 0.25) is 5.91 Å². The van der Waals surface area contributed by atoms with E-state index in [2.05, 4.69) is 27.5 Å². The smallest absolute Gasteiger partial charge is 0.254 e. The van der Waals surface area contributed by atoms with Crippen LogP contribution in [0.3, 0.4) is 0 Å². The molecule has 7 heteroatoms. The van der Waals surface area contributed by atoms with Crippen LogP contribution < -0.4 is 5.32 Å². The lowest BCUT2D eigenvalue weighted by atomic mass is 9.98. The van der Waals surface area contributed by atoms with Crippen molar-refractivity contribution in [2.45, 2.75) is 39.3 Å². The second kappa shape index (κ2) is 7.98. The zero-order valence-electron chi connectivity index (χ0n) is 17.5. The minimum Gasteiger partial charge on any atom is -0.334 e. The van der Waals surface area contributed by atoms with Gasteiger partial charge in [-0.15, -0.1) is 0 Å². The van der Waals surface area contributed by atoms with E-state index in [0.717, 1.165) is 30.7 Å². The van der Waals surface area contributed by atoms with Crippen LogP contribution in [-0.4, -0.2) is 38.0 Å². The highest BCUT2D eigenvalue weighted by Crippen LogP contribution is 2.25. The average Bonchev–Trinajstić information content (AvgIpc) is 3.27. The zero-order chi connectivity index (χ0) is 21.4. The summed E-state index contributed by atoms with van der Waals surface area (Å²) >= 11 is 0. The summed E-state index contributed by atoms with van der Waals surface area (Å²) in [5.74, 6) is 0.721. The molecule has 0 fully saturated rings. The van der Waals surface area contributed by atoms with E-state index < -0.39 is 0 Å². The second-order valence-corrected chi connectivity index (χ2v) is 8.36. The first-order chi connectivity index (χ1) is 15.1. The quantitative estimate of drug-likeness (QED) is 0.713. The van der Waals surface area contributed by atoms with Crippen molar-refractivity contribution in [2.75, 3.05) is 11.9 Å². The lowest BCUT2D eigenvalue weighted by Gasteiger charge is -2.29. The number of aryl methyl sites for hydroxylation is 2. The Kier molecular flexibility index (Phi) is 5.02. The molecule has 1 unspecified atom stereocenters. The number of nitrogens with zero attached hydrogens (tertiary/aromatic N) is 4. The molecule has 2 amide bonds. The van der Waals surface area contributed by atoms with Crippen molar-refractivity contribution in [1.29, 1.82) is 0 Å². The van der Waals surface area contributed by atoms with Crippen LogP contribution in [0.15, 0.2) is 48.8 Å². The Morgan fingerprint density at radius 3 is 2.81 bits per heavy atom. The summed E-state index contributed by atoms with van der Waals surface area (Å²) in [5, 5.41) is 7.24. The number of nitrogens with one attached hydrogen (secondary N) is 1. The van der Waals surface area contributed by atoms with Crippen LogP contribution >= 0.6 is 0 Å². The summed E-state index contributed by atoms with van der Waals surface area (Å²) in [6, 6.07) is 13.8. The molecule has 158 valence electrons. The van der Waals surface area contributed by atoms with E-state index in [-0.39, 0.29) is 17.7 Å². The zero-order valence-corrected chi connectivity index (χ0v) is 17.5. The third kappa shape index (κ3) is 3.83. The molecule has 2 aliphatic rings. The van der Waals surface area contributed by atoms with E-state index in [1.807, 2.05) is 36.1 Å². The summed E-state index contributed by atoms with van der Waals surface area (Å²) in [6.07, 6.45) is 3.89. The molecule has 0 aliphatic carbocycles. The molecule has 5 rings (SSSR count). The highest BCUT2D eigenvalue weighted by Gasteiger charge is 2.27. The normalized spacial score (nSPS) is 17.6. The van der Waals surface area contributed by atoms with Crippen LogP contribution in [0.5, 0.6) is 0 Å². The topological polar surface area (TPSA) is 80.1 Å². The molecule has 0 spiro atoms. The SMILES string of the molecule is Cc1ccc(C(=O)N2CCc3ccccc3C2)cc1NC(=O)C1CCc2ncnn2C1. The molecule has 0 bridgehead atoms. The highest BCUT2D eigenvalue weighted by atomic mass is 16.2. The van der Waals surface area contributed by atoms with Gasteiger partial charge >= 0.3 is 0 Å². The van der Waals surface area contributed by atoms with Gasteiger partial charge in [0, 0.05) is 30.8 Å². The van der Waals surface area contributed by atoms with Gasteiger partial charge in [-0.3, -0.25) is 9.59 Å². The average molecular weight is 415 g/mol. The molecule has 1 N–H and O–H groups in total. The Morgan fingerprint density at radius 2 is 1.94 bits per heavy atom. The summed E-state index contributed by atoms with van der Waals surface area (Å²) in [7, 11) is 0. The molecule has 3 aromatic rings. The van der Waals surface area contributed by atoms with Gasteiger partial charge in [0.25, 0.3) is 5.91 Å². The maximum Gasteiger partial charge on any atom is 0.254 e. The number of carbonyl (C=O) groups is 2. The Balaban J connectivity index is 1.30. The minimum atomic E-state index is -0.161. The number of amides is 2. The first-order valence-electron chi connectivity index (χ1n) is 10.7. The standard InChI is InChI=1S/C24H25N5O2/c1-16-6-7-18(24(31)28-11-10-17-4-2-3-5-19(17)13-28)12-21(16)27-23(30)20-8-9-22-25-15-26-29(22)14-20/h2-7,12,15,20H,8-11,13-14H2,1H3,(H,27,30). The van der Waals surface area contributed by atoms with Crippen molar-refractivity contribution in [3.8, 4) is 0 Å². The fourth-order valence-electron chi connectivity index (χ4n) is 4.43. The van der Waals surface area contributed by atoms with Crippen molar-refractivity contribution in [1.82, 2.24) is 19.7 Å². The Morgan fingerprint density at radius 1 is 1.10 bits per heavy atom. The number of rotatable bonds is 3. The maximum atomic E-state index is 13.2. The largest absolute Gasteiger partial charge is 0.334 e. The summed E-state index contributed by atoms with van der Waals surface area (Å²) in [6.45, 7) is 3.80. The molecule has 7 nitrogen and oxygen atoms in total. The van der Waals surface area contributed by atoms with E-state index in [1.165, 1.54) is 17.5 Å². The summed E-state index contributed by atoms with van der Waals surface area (Å²) in [4.78, 5) is 32.2. The van der Waals surface area contributed by atoms with Crippen LogP contribution in [0.25, 0.3) is 0 Å². The highest BCUT2D eigenvalue weighted by molar-refractivity contribution is 5.98. The fourth-order valence-corrected chi connectivity index (χ4v) is 4.43. The lowest BCUT2D eigenvalue weighted by Crippen LogP contribution is -2.36. The first kappa shape index (κ1) is 19.5. The van der Waals surface area contributed by atoms with Crippen LogP contribution in [0, 0.1) is 12.8 Å². The van der Waals surface area contributed by atoms with Crippen molar-refractivity contribution in [3.05, 3.63) is 76.9 Å². The van der Waals surface area contributed by atoms with Crippen molar-refractivity contribution < 1.29 is 9.59 Å².